The van der Waals surface area contributed by atoms with E-state index in [0.717, 1.165) is 11.6 Å². The molecule has 166 valence electrons. The Morgan fingerprint density at radius 2 is 1.47 bits per heavy atom. The summed E-state index contributed by atoms with van der Waals surface area (Å²) < 4.78 is 0. The highest BCUT2D eigenvalue weighted by atomic mass is 14.6. The SMILES string of the molecule is CCCC1(CCC)c2ccccc2-c2ccc(N)c(-c3ccc(C4CCCCC4)cc3)c21. The van der Waals surface area contributed by atoms with E-state index in [4.69, 9.17) is 5.73 Å². The van der Waals surface area contributed by atoms with Crippen LogP contribution in [0.25, 0.3) is 22.3 Å². The first kappa shape index (κ1) is 21.3. The second-order valence-electron chi connectivity index (χ2n) is 10.0. The van der Waals surface area contributed by atoms with E-state index < -0.39 is 0 Å². The highest BCUT2D eigenvalue weighted by Gasteiger charge is 2.43. The molecule has 1 fully saturated rings. The molecule has 3 aromatic carbocycles. The third-order valence-corrected chi connectivity index (χ3v) is 8.08. The summed E-state index contributed by atoms with van der Waals surface area (Å²) in [7, 11) is 0. The number of hydrogen-bond acceptors (Lipinski definition) is 1. The maximum atomic E-state index is 6.75. The van der Waals surface area contributed by atoms with Gasteiger partial charge in [-0.15, -0.1) is 0 Å². The molecule has 2 aliphatic carbocycles. The van der Waals surface area contributed by atoms with Crippen LogP contribution in [0, 0.1) is 0 Å². The van der Waals surface area contributed by atoms with E-state index in [-0.39, 0.29) is 5.41 Å². The first-order valence-electron chi connectivity index (χ1n) is 12.8. The van der Waals surface area contributed by atoms with E-state index in [9.17, 15) is 0 Å². The summed E-state index contributed by atoms with van der Waals surface area (Å²) in [6, 6.07) is 23.0. The van der Waals surface area contributed by atoms with Crippen molar-refractivity contribution in [1.82, 2.24) is 0 Å². The molecule has 1 heteroatoms. The number of rotatable bonds is 6. The van der Waals surface area contributed by atoms with E-state index >= 15 is 0 Å². The molecule has 1 saturated carbocycles. The molecule has 32 heavy (non-hydrogen) atoms. The van der Waals surface area contributed by atoms with E-state index in [1.807, 2.05) is 0 Å². The van der Waals surface area contributed by atoms with Crippen LogP contribution in [0.5, 0.6) is 0 Å². The van der Waals surface area contributed by atoms with E-state index in [0.29, 0.717) is 0 Å². The maximum absolute atomic E-state index is 6.75. The lowest BCUT2D eigenvalue weighted by atomic mass is 9.69. The van der Waals surface area contributed by atoms with Gasteiger partial charge in [0, 0.05) is 16.7 Å². The quantitative estimate of drug-likeness (QED) is 0.394. The molecule has 0 heterocycles. The van der Waals surface area contributed by atoms with Crippen molar-refractivity contribution in [3.63, 3.8) is 0 Å². The van der Waals surface area contributed by atoms with Crippen LogP contribution in [0.4, 0.5) is 5.69 Å². The number of anilines is 1. The summed E-state index contributed by atoms with van der Waals surface area (Å²) in [6.07, 6.45) is 11.5. The molecule has 0 aliphatic heterocycles. The van der Waals surface area contributed by atoms with Gasteiger partial charge in [0.25, 0.3) is 0 Å². The zero-order chi connectivity index (χ0) is 22.1. The predicted molar refractivity (Wildman–Crippen MR) is 138 cm³/mol. The van der Waals surface area contributed by atoms with E-state index in [1.54, 1.807) is 0 Å². The minimum absolute atomic E-state index is 0.0577. The van der Waals surface area contributed by atoms with Crippen LogP contribution in [0.15, 0.2) is 60.7 Å². The normalized spacial score (nSPS) is 17.2. The average Bonchev–Trinajstić information content (AvgIpc) is 3.10. The number of fused-ring (bicyclic) bond motifs is 3. The third-order valence-electron chi connectivity index (χ3n) is 8.08. The minimum atomic E-state index is 0.0577. The van der Waals surface area contributed by atoms with Gasteiger partial charge >= 0.3 is 0 Å². The van der Waals surface area contributed by atoms with Crippen LogP contribution < -0.4 is 5.73 Å². The first-order chi connectivity index (χ1) is 15.7. The van der Waals surface area contributed by atoms with Crippen molar-refractivity contribution in [2.24, 2.45) is 0 Å². The lowest BCUT2D eigenvalue weighted by Crippen LogP contribution is -2.26. The summed E-state index contributed by atoms with van der Waals surface area (Å²) in [4.78, 5) is 0. The fourth-order valence-corrected chi connectivity index (χ4v) is 6.78. The molecule has 0 aromatic heterocycles. The molecule has 0 atom stereocenters. The van der Waals surface area contributed by atoms with Crippen molar-refractivity contribution < 1.29 is 0 Å². The summed E-state index contributed by atoms with van der Waals surface area (Å²) in [5.74, 6) is 0.736. The van der Waals surface area contributed by atoms with Gasteiger partial charge in [0.1, 0.15) is 0 Å². The van der Waals surface area contributed by atoms with Crippen LogP contribution in [-0.4, -0.2) is 0 Å². The van der Waals surface area contributed by atoms with Crippen LogP contribution in [0.1, 0.15) is 94.2 Å². The van der Waals surface area contributed by atoms with Gasteiger partial charge in [0.15, 0.2) is 0 Å². The summed E-state index contributed by atoms with van der Waals surface area (Å²) >= 11 is 0. The van der Waals surface area contributed by atoms with Crippen molar-refractivity contribution >= 4 is 5.69 Å². The Bertz CT molecular complexity index is 1080. The van der Waals surface area contributed by atoms with Gasteiger partial charge in [0.05, 0.1) is 0 Å². The monoisotopic (exact) mass is 423 g/mol. The predicted octanol–water partition coefficient (Wildman–Crippen LogP) is 8.85. The van der Waals surface area contributed by atoms with E-state index in [2.05, 4.69) is 74.5 Å². The van der Waals surface area contributed by atoms with Crippen molar-refractivity contribution in [2.75, 3.05) is 5.73 Å². The average molecular weight is 424 g/mol. The Balaban J connectivity index is 1.67. The topological polar surface area (TPSA) is 26.0 Å². The molecular formula is C31H37N. The molecule has 5 rings (SSSR count). The zero-order valence-corrected chi connectivity index (χ0v) is 19.8. The van der Waals surface area contributed by atoms with Gasteiger partial charge in [-0.2, -0.15) is 0 Å². The van der Waals surface area contributed by atoms with Gasteiger partial charge in [-0.25, -0.2) is 0 Å². The maximum Gasteiger partial charge on any atom is 0.0397 e. The molecule has 0 radical (unpaired) electrons. The van der Waals surface area contributed by atoms with Crippen LogP contribution >= 0.6 is 0 Å². The third kappa shape index (κ3) is 3.38. The number of nitrogen functional groups attached to an aromatic ring is 1. The van der Waals surface area contributed by atoms with Crippen molar-refractivity contribution in [3.05, 3.63) is 77.4 Å². The van der Waals surface area contributed by atoms with Crippen LogP contribution in [-0.2, 0) is 5.41 Å². The highest BCUT2D eigenvalue weighted by Crippen LogP contribution is 2.57. The van der Waals surface area contributed by atoms with Gasteiger partial charge in [0.2, 0.25) is 0 Å². The Hall–Kier alpha value is -2.54. The largest absolute Gasteiger partial charge is 0.398 e. The minimum Gasteiger partial charge on any atom is -0.398 e. The Kier molecular flexibility index (Phi) is 5.84. The van der Waals surface area contributed by atoms with Crippen molar-refractivity contribution in [1.29, 1.82) is 0 Å². The second kappa shape index (κ2) is 8.77. The van der Waals surface area contributed by atoms with Crippen molar-refractivity contribution in [2.45, 2.75) is 83.0 Å². The molecule has 0 amide bonds. The molecule has 0 unspecified atom stereocenters. The summed E-state index contributed by atoms with van der Waals surface area (Å²) in [5.41, 5.74) is 17.6. The van der Waals surface area contributed by atoms with Gasteiger partial charge in [-0.3, -0.25) is 0 Å². The zero-order valence-electron chi connectivity index (χ0n) is 19.8. The number of hydrogen-bond donors (Lipinski definition) is 1. The van der Waals surface area contributed by atoms with Crippen molar-refractivity contribution in [3.8, 4) is 22.3 Å². The molecule has 2 N–H and O–H groups in total. The second-order valence-corrected chi connectivity index (χ2v) is 10.0. The van der Waals surface area contributed by atoms with Crippen LogP contribution in [0.3, 0.4) is 0 Å². The van der Waals surface area contributed by atoms with Gasteiger partial charge in [-0.05, 0) is 71.0 Å². The molecular weight excluding hydrogens is 386 g/mol. The Morgan fingerprint density at radius 1 is 0.781 bits per heavy atom. The molecule has 0 saturated heterocycles. The Labute approximate surface area is 194 Å². The molecule has 0 bridgehead atoms. The molecule has 2 aliphatic rings. The smallest absolute Gasteiger partial charge is 0.0397 e. The van der Waals surface area contributed by atoms with Gasteiger partial charge in [-0.1, -0.05) is 101 Å². The van der Waals surface area contributed by atoms with Gasteiger partial charge < -0.3 is 5.73 Å². The standard InChI is InChI=1S/C31H37N/c1-3-20-31(21-4-2)27-13-9-8-12-25(27)26-18-19-28(32)29(30(26)31)24-16-14-23(15-17-24)22-10-6-5-7-11-22/h8-9,12-19,22H,3-7,10-11,20-21,32H2,1-2H3. The summed E-state index contributed by atoms with van der Waals surface area (Å²) in [6.45, 7) is 4.64. The molecule has 1 nitrogen and oxygen atoms in total. The fourth-order valence-electron chi connectivity index (χ4n) is 6.78. The van der Waals surface area contributed by atoms with Crippen LogP contribution in [0.2, 0.25) is 0 Å². The summed E-state index contributed by atoms with van der Waals surface area (Å²) in [5, 5.41) is 0. The van der Waals surface area contributed by atoms with E-state index in [1.165, 1.54) is 96.7 Å². The first-order valence-corrected chi connectivity index (χ1v) is 12.8. The molecule has 0 spiro atoms. The highest BCUT2D eigenvalue weighted by molar-refractivity contribution is 5.93. The number of nitrogens with two attached hydrogens (primary N) is 1. The molecule has 3 aromatic rings. The fraction of sp³-hybridized carbons (Fsp3) is 0.419. The number of benzene rings is 3. The Morgan fingerprint density at radius 3 is 2.16 bits per heavy atom. The lowest BCUT2D eigenvalue weighted by molar-refractivity contribution is 0.437. The lowest BCUT2D eigenvalue weighted by Gasteiger charge is -2.34.